The molecule has 0 aliphatic heterocycles. The van der Waals surface area contributed by atoms with Crippen LogP contribution in [0.4, 0.5) is 0 Å². The van der Waals surface area contributed by atoms with Gasteiger partial charge in [-0.1, -0.05) is 6.07 Å². The van der Waals surface area contributed by atoms with Crippen LogP contribution in [0.5, 0.6) is 5.75 Å². The van der Waals surface area contributed by atoms with E-state index in [4.69, 9.17) is 9.84 Å². The Morgan fingerprint density at radius 2 is 2.28 bits per heavy atom. The van der Waals surface area contributed by atoms with Crippen molar-refractivity contribution in [1.29, 1.82) is 0 Å². The monoisotopic (exact) mass is 313 g/mol. The molecule has 5 heteroatoms. The summed E-state index contributed by atoms with van der Waals surface area (Å²) in [6, 6.07) is 6.28. The van der Waals surface area contributed by atoms with Gasteiger partial charge in [-0.25, -0.2) is 0 Å². The Balaban J connectivity index is 2.06. The van der Waals surface area contributed by atoms with E-state index < -0.39 is 5.97 Å². The van der Waals surface area contributed by atoms with Gasteiger partial charge in [-0.15, -0.1) is 0 Å². The number of halogens is 1. The number of nitrogens with zero attached hydrogens (tertiary/aromatic N) is 1. The number of benzene rings is 1. The predicted octanol–water partition coefficient (Wildman–Crippen LogP) is 2.51. The molecule has 1 aliphatic carbocycles. The summed E-state index contributed by atoms with van der Waals surface area (Å²) in [4.78, 5) is 12.8. The minimum absolute atomic E-state index is 0.105. The summed E-state index contributed by atoms with van der Waals surface area (Å²) in [6.45, 7) is 0.772. The molecule has 0 unspecified atom stereocenters. The van der Waals surface area contributed by atoms with Crippen molar-refractivity contribution in [1.82, 2.24) is 4.90 Å². The maximum absolute atomic E-state index is 10.8. The lowest BCUT2D eigenvalue weighted by molar-refractivity contribution is -0.138. The number of aliphatic carboxylic acids is 1. The van der Waals surface area contributed by atoms with Crippen molar-refractivity contribution in [2.24, 2.45) is 0 Å². The molecule has 0 aromatic heterocycles. The quantitative estimate of drug-likeness (QED) is 0.876. The number of rotatable bonds is 6. The molecular weight excluding hydrogens is 298 g/mol. The van der Waals surface area contributed by atoms with E-state index in [9.17, 15) is 4.79 Å². The van der Waals surface area contributed by atoms with Gasteiger partial charge < -0.3 is 9.84 Å². The molecule has 4 nitrogen and oxygen atoms in total. The van der Waals surface area contributed by atoms with Crippen LogP contribution in [0, 0.1) is 0 Å². The highest BCUT2D eigenvalue weighted by atomic mass is 79.9. The van der Waals surface area contributed by atoms with Crippen LogP contribution in [0.2, 0.25) is 0 Å². The van der Waals surface area contributed by atoms with Gasteiger partial charge in [0, 0.05) is 12.6 Å². The highest BCUT2D eigenvalue weighted by Gasteiger charge is 2.30. The van der Waals surface area contributed by atoms with E-state index in [1.807, 2.05) is 23.1 Å². The maximum atomic E-state index is 10.8. The molecule has 1 N–H and O–H groups in total. The second-order valence-electron chi connectivity index (χ2n) is 4.50. The summed E-state index contributed by atoms with van der Waals surface area (Å²) in [5.41, 5.74) is 1.09. The van der Waals surface area contributed by atoms with Crippen molar-refractivity contribution in [2.75, 3.05) is 13.7 Å². The van der Waals surface area contributed by atoms with E-state index in [2.05, 4.69) is 15.9 Å². The van der Waals surface area contributed by atoms with E-state index in [-0.39, 0.29) is 6.54 Å². The van der Waals surface area contributed by atoms with Crippen molar-refractivity contribution in [3.63, 3.8) is 0 Å². The first kappa shape index (κ1) is 13.4. The van der Waals surface area contributed by atoms with Crippen LogP contribution in [-0.2, 0) is 11.3 Å². The third-order valence-electron chi connectivity index (χ3n) is 3.00. The Morgan fingerprint density at radius 1 is 1.56 bits per heavy atom. The average Bonchev–Trinajstić information content (AvgIpc) is 3.11. The highest BCUT2D eigenvalue weighted by molar-refractivity contribution is 9.10. The zero-order valence-corrected chi connectivity index (χ0v) is 11.8. The van der Waals surface area contributed by atoms with Gasteiger partial charge >= 0.3 is 5.97 Å². The Kier molecular flexibility index (Phi) is 4.24. The van der Waals surface area contributed by atoms with E-state index in [0.717, 1.165) is 28.6 Å². The Bertz CT molecular complexity index is 446. The smallest absolute Gasteiger partial charge is 0.317 e. The molecule has 2 rings (SSSR count). The number of carbonyl (C=O) groups is 1. The van der Waals surface area contributed by atoms with E-state index in [1.54, 1.807) is 7.11 Å². The largest absolute Gasteiger partial charge is 0.496 e. The Labute approximate surface area is 115 Å². The third kappa shape index (κ3) is 3.46. The molecule has 1 aromatic carbocycles. The summed E-state index contributed by atoms with van der Waals surface area (Å²) in [7, 11) is 1.63. The molecule has 1 aromatic rings. The van der Waals surface area contributed by atoms with Crippen LogP contribution in [0.25, 0.3) is 0 Å². The van der Waals surface area contributed by atoms with Gasteiger partial charge in [0.05, 0.1) is 18.1 Å². The van der Waals surface area contributed by atoms with Gasteiger partial charge in [0.25, 0.3) is 0 Å². The molecule has 0 saturated heterocycles. The second-order valence-corrected chi connectivity index (χ2v) is 5.35. The molecule has 0 spiro atoms. The summed E-state index contributed by atoms with van der Waals surface area (Å²) in [5.74, 6) is 0.0180. The van der Waals surface area contributed by atoms with Gasteiger partial charge in [-0.05, 0) is 46.5 Å². The predicted molar refractivity (Wildman–Crippen MR) is 71.8 cm³/mol. The van der Waals surface area contributed by atoms with Crippen LogP contribution < -0.4 is 4.74 Å². The fraction of sp³-hybridized carbons (Fsp3) is 0.462. The van der Waals surface area contributed by atoms with Gasteiger partial charge in [-0.3, -0.25) is 9.69 Å². The summed E-state index contributed by atoms with van der Waals surface area (Å²) >= 11 is 3.44. The lowest BCUT2D eigenvalue weighted by atomic mass is 10.2. The van der Waals surface area contributed by atoms with Crippen molar-refractivity contribution in [3.05, 3.63) is 28.2 Å². The first-order valence-corrected chi connectivity index (χ1v) is 6.67. The average molecular weight is 314 g/mol. The van der Waals surface area contributed by atoms with Crippen LogP contribution in [-0.4, -0.2) is 35.7 Å². The molecule has 0 bridgehead atoms. The van der Waals surface area contributed by atoms with Crippen molar-refractivity contribution < 1.29 is 14.6 Å². The molecule has 0 radical (unpaired) electrons. The maximum Gasteiger partial charge on any atom is 0.317 e. The number of carboxylic acid groups (broad SMARTS) is 1. The fourth-order valence-corrected chi connectivity index (χ4v) is 2.56. The topological polar surface area (TPSA) is 49.8 Å². The van der Waals surface area contributed by atoms with Crippen molar-refractivity contribution >= 4 is 21.9 Å². The van der Waals surface area contributed by atoms with Crippen molar-refractivity contribution in [3.8, 4) is 5.75 Å². The number of hydrogen-bond acceptors (Lipinski definition) is 3. The first-order valence-electron chi connectivity index (χ1n) is 5.88. The lowest BCUT2D eigenvalue weighted by Crippen LogP contribution is -2.31. The third-order valence-corrected chi connectivity index (χ3v) is 3.62. The summed E-state index contributed by atoms with van der Waals surface area (Å²) in [6.07, 6.45) is 2.20. The minimum atomic E-state index is -0.769. The Morgan fingerprint density at radius 3 is 2.78 bits per heavy atom. The number of methoxy groups -OCH3 is 1. The molecule has 0 heterocycles. The van der Waals surface area contributed by atoms with Crippen molar-refractivity contribution in [2.45, 2.75) is 25.4 Å². The highest BCUT2D eigenvalue weighted by Crippen LogP contribution is 2.30. The normalized spacial score (nSPS) is 14.8. The zero-order valence-electron chi connectivity index (χ0n) is 10.2. The molecule has 98 valence electrons. The van der Waals surface area contributed by atoms with Crippen LogP contribution in [0.1, 0.15) is 18.4 Å². The van der Waals surface area contributed by atoms with Crippen LogP contribution >= 0.6 is 15.9 Å². The van der Waals surface area contributed by atoms with E-state index >= 15 is 0 Å². The lowest BCUT2D eigenvalue weighted by Gasteiger charge is -2.20. The fourth-order valence-electron chi connectivity index (χ4n) is 1.97. The van der Waals surface area contributed by atoms with E-state index in [1.165, 1.54) is 0 Å². The molecule has 1 saturated carbocycles. The SMILES string of the molecule is COc1ccc(CN(CC(=O)O)C2CC2)cc1Br. The molecular formula is C13H16BrNO3. The minimum Gasteiger partial charge on any atom is -0.496 e. The summed E-state index contributed by atoms with van der Waals surface area (Å²) < 4.78 is 6.07. The first-order chi connectivity index (χ1) is 8.60. The number of carboxylic acids is 1. The van der Waals surface area contributed by atoms with Crippen LogP contribution in [0.3, 0.4) is 0 Å². The molecule has 1 fully saturated rings. The second kappa shape index (κ2) is 5.71. The van der Waals surface area contributed by atoms with Crippen LogP contribution in [0.15, 0.2) is 22.7 Å². The van der Waals surface area contributed by atoms with Gasteiger partial charge in [0.15, 0.2) is 0 Å². The molecule has 1 aliphatic rings. The van der Waals surface area contributed by atoms with Gasteiger partial charge in [0.2, 0.25) is 0 Å². The van der Waals surface area contributed by atoms with Gasteiger partial charge in [0.1, 0.15) is 5.75 Å². The van der Waals surface area contributed by atoms with E-state index in [0.29, 0.717) is 12.6 Å². The number of ether oxygens (including phenoxy) is 1. The van der Waals surface area contributed by atoms with Gasteiger partial charge in [-0.2, -0.15) is 0 Å². The molecule has 18 heavy (non-hydrogen) atoms. The molecule has 0 amide bonds. The molecule has 0 atom stereocenters. The Hall–Kier alpha value is -1.07. The zero-order chi connectivity index (χ0) is 13.1. The number of hydrogen-bond donors (Lipinski definition) is 1. The summed E-state index contributed by atoms with van der Waals surface area (Å²) in [5, 5.41) is 8.90. The standard InChI is InChI=1S/C13H16BrNO3/c1-18-12-5-2-9(6-11(12)14)7-15(8-13(16)17)10-3-4-10/h2,5-6,10H,3-4,7-8H2,1H3,(H,16,17).